The molecule has 7 heteroatoms. The van der Waals surface area contributed by atoms with E-state index in [1.165, 1.54) is 12.1 Å². The van der Waals surface area contributed by atoms with E-state index >= 15 is 0 Å². The molecule has 0 bridgehead atoms. The van der Waals surface area contributed by atoms with Crippen LogP contribution in [0.4, 0.5) is 10.2 Å². The van der Waals surface area contributed by atoms with Gasteiger partial charge in [0.2, 0.25) is 0 Å². The molecule has 1 aliphatic heterocycles. The summed E-state index contributed by atoms with van der Waals surface area (Å²) in [6.45, 7) is 4.37. The number of hydrogen-bond acceptors (Lipinski definition) is 4. The molecule has 2 heterocycles. The zero-order chi connectivity index (χ0) is 22.9. The molecule has 0 aliphatic carbocycles. The fourth-order valence-electron chi connectivity index (χ4n) is 3.88. The molecule has 0 saturated heterocycles. The van der Waals surface area contributed by atoms with Crippen LogP contribution in [0.3, 0.4) is 0 Å². The van der Waals surface area contributed by atoms with E-state index in [2.05, 4.69) is 12.1 Å². The Bertz CT molecular complexity index is 1350. The maximum absolute atomic E-state index is 13.8. The SMILES string of the molecule is CC1=Nc2c(c(C)nn2-c2cccc(F)c2)[C@@H](c2ccc(OCc3ccccc3Cl)cc2)S1. The average molecular weight is 478 g/mol. The number of aryl methyl sites for hydroxylation is 1. The molecule has 1 atom stereocenters. The van der Waals surface area contributed by atoms with Gasteiger partial charge in [0.05, 0.1) is 21.7 Å². The highest BCUT2D eigenvalue weighted by atomic mass is 35.5. The number of benzene rings is 3. The number of rotatable bonds is 5. The van der Waals surface area contributed by atoms with Gasteiger partial charge in [-0.15, -0.1) is 0 Å². The first-order chi connectivity index (χ1) is 16.0. The second kappa shape index (κ2) is 9.04. The molecule has 0 N–H and O–H groups in total. The number of aromatic nitrogens is 2. The summed E-state index contributed by atoms with van der Waals surface area (Å²) in [5.74, 6) is 1.22. The van der Waals surface area contributed by atoms with Crippen molar-refractivity contribution in [3.05, 3.63) is 106 Å². The molecule has 5 rings (SSSR count). The van der Waals surface area contributed by atoms with Crippen LogP contribution in [0.15, 0.2) is 77.8 Å². The maximum Gasteiger partial charge on any atom is 0.161 e. The van der Waals surface area contributed by atoms with Gasteiger partial charge in [-0.05, 0) is 55.8 Å². The molecule has 33 heavy (non-hydrogen) atoms. The summed E-state index contributed by atoms with van der Waals surface area (Å²) in [5.41, 5.74) is 4.65. The van der Waals surface area contributed by atoms with Gasteiger partial charge < -0.3 is 4.74 Å². The van der Waals surface area contributed by atoms with Crippen LogP contribution in [0.5, 0.6) is 5.75 Å². The highest BCUT2D eigenvalue weighted by Crippen LogP contribution is 2.47. The van der Waals surface area contributed by atoms with Crippen molar-refractivity contribution in [2.45, 2.75) is 25.7 Å². The summed E-state index contributed by atoms with van der Waals surface area (Å²) in [7, 11) is 0. The lowest BCUT2D eigenvalue weighted by Gasteiger charge is -2.22. The standard InChI is InChI=1S/C26H21ClFN3OS/c1-16-24-25(18-10-12-22(13-11-18)32-15-19-6-3-4-9-23(19)27)33-17(2)29-26(24)31(30-16)21-8-5-7-20(28)14-21/h3-14,25H,15H2,1-2H3/t25-/m1/s1. The van der Waals surface area contributed by atoms with Gasteiger partial charge in [0.15, 0.2) is 5.82 Å². The van der Waals surface area contributed by atoms with Gasteiger partial charge in [0, 0.05) is 16.1 Å². The Kier molecular flexibility index (Phi) is 5.96. The summed E-state index contributed by atoms with van der Waals surface area (Å²) in [6, 6.07) is 22.2. The molecule has 0 radical (unpaired) electrons. The summed E-state index contributed by atoms with van der Waals surface area (Å²) < 4.78 is 21.5. The minimum Gasteiger partial charge on any atom is -0.489 e. The molecule has 166 valence electrons. The molecule has 0 fully saturated rings. The van der Waals surface area contributed by atoms with Crippen LogP contribution in [0.1, 0.15) is 34.6 Å². The maximum atomic E-state index is 13.8. The highest BCUT2D eigenvalue weighted by Gasteiger charge is 2.30. The molecule has 0 saturated carbocycles. The van der Waals surface area contributed by atoms with Crippen molar-refractivity contribution in [3.8, 4) is 11.4 Å². The molecule has 0 spiro atoms. The Morgan fingerprint density at radius 1 is 1.03 bits per heavy atom. The topological polar surface area (TPSA) is 39.4 Å². The van der Waals surface area contributed by atoms with Gasteiger partial charge in [-0.25, -0.2) is 14.1 Å². The van der Waals surface area contributed by atoms with E-state index in [4.69, 9.17) is 26.4 Å². The number of fused-ring (bicyclic) bond motifs is 1. The summed E-state index contributed by atoms with van der Waals surface area (Å²) in [6.07, 6.45) is 0. The van der Waals surface area contributed by atoms with Crippen LogP contribution in [0, 0.1) is 12.7 Å². The minimum absolute atomic E-state index is 0.0393. The van der Waals surface area contributed by atoms with Gasteiger partial charge in [-0.2, -0.15) is 5.10 Å². The first-order valence-corrected chi connectivity index (χ1v) is 11.8. The lowest BCUT2D eigenvalue weighted by Crippen LogP contribution is -2.06. The third-order valence-electron chi connectivity index (χ3n) is 5.48. The summed E-state index contributed by atoms with van der Waals surface area (Å²) >= 11 is 7.92. The smallest absolute Gasteiger partial charge is 0.161 e. The van der Waals surface area contributed by atoms with E-state index in [0.717, 1.165) is 39.0 Å². The first kappa shape index (κ1) is 21.7. The molecular weight excluding hydrogens is 457 g/mol. The quantitative estimate of drug-likeness (QED) is 0.300. The van der Waals surface area contributed by atoms with Crippen molar-refractivity contribution in [1.82, 2.24) is 9.78 Å². The van der Waals surface area contributed by atoms with Crippen molar-refractivity contribution in [3.63, 3.8) is 0 Å². The van der Waals surface area contributed by atoms with E-state index in [-0.39, 0.29) is 11.1 Å². The Balaban J connectivity index is 1.43. The normalized spacial score (nSPS) is 15.2. The summed E-state index contributed by atoms with van der Waals surface area (Å²) in [5, 5.41) is 6.36. The van der Waals surface area contributed by atoms with Crippen molar-refractivity contribution < 1.29 is 9.13 Å². The predicted octanol–water partition coefficient (Wildman–Crippen LogP) is 7.44. The zero-order valence-corrected chi connectivity index (χ0v) is 19.7. The van der Waals surface area contributed by atoms with Crippen LogP contribution < -0.4 is 4.74 Å². The van der Waals surface area contributed by atoms with Gasteiger partial charge in [-0.1, -0.05) is 59.8 Å². The van der Waals surface area contributed by atoms with Gasteiger partial charge >= 0.3 is 0 Å². The van der Waals surface area contributed by atoms with Gasteiger partial charge in [0.1, 0.15) is 18.2 Å². The Morgan fingerprint density at radius 2 is 1.82 bits per heavy atom. The fraction of sp³-hybridized carbons (Fsp3) is 0.154. The minimum atomic E-state index is -0.302. The summed E-state index contributed by atoms with van der Waals surface area (Å²) in [4.78, 5) is 4.76. The van der Waals surface area contributed by atoms with E-state index in [1.54, 1.807) is 22.5 Å². The largest absolute Gasteiger partial charge is 0.489 e. The zero-order valence-electron chi connectivity index (χ0n) is 18.1. The van der Waals surface area contributed by atoms with Crippen molar-refractivity contribution in [2.24, 2.45) is 4.99 Å². The second-order valence-electron chi connectivity index (χ2n) is 7.79. The predicted molar refractivity (Wildman–Crippen MR) is 133 cm³/mol. The Labute approximate surface area is 201 Å². The number of nitrogens with zero attached hydrogens (tertiary/aromatic N) is 3. The second-order valence-corrected chi connectivity index (χ2v) is 9.50. The third-order valence-corrected chi connectivity index (χ3v) is 7.03. The fourth-order valence-corrected chi connectivity index (χ4v) is 5.24. The van der Waals surface area contributed by atoms with Crippen molar-refractivity contribution in [1.29, 1.82) is 0 Å². The molecule has 3 aromatic carbocycles. The molecule has 0 unspecified atom stereocenters. The Morgan fingerprint density at radius 3 is 2.58 bits per heavy atom. The first-order valence-electron chi connectivity index (χ1n) is 10.5. The van der Waals surface area contributed by atoms with Gasteiger partial charge in [0.25, 0.3) is 0 Å². The number of thioether (sulfide) groups is 1. The molecule has 1 aliphatic rings. The average Bonchev–Trinajstić information content (AvgIpc) is 3.14. The number of halogens is 2. The molecule has 1 aromatic heterocycles. The monoisotopic (exact) mass is 477 g/mol. The van der Waals surface area contributed by atoms with E-state index in [9.17, 15) is 4.39 Å². The van der Waals surface area contributed by atoms with Crippen molar-refractivity contribution in [2.75, 3.05) is 0 Å². The van der Waals surface area contributed by atoms with Crippen molar-refractivity contribution >= 4 is 34.2 Å². The highest BCUT2D eigenvalue weighted by molar-refractivity contribution is 8.14. The number of aliphatic imine (C=N–C) groups is 1. The molecule has 4 aromatic rings. The van der Waals surface area contributed by atoms with Crippen LogP contribution in [0.25, 0.3) is 5.69 Å². The third kappa shape index (κ3) is 4.41. The van der Waals surface area contributed by atoms with Crippen LogP contribution in [-0.2, 0) is 6.61 Å². The van der Waals surface area contributed by atoms with E-state index in [1.807, 2.05) is 56.3 Å². The lowest BCUT2D eigenvalue weighted by molar-refractivity contribution is 0.306. The van der Waals surface area contributed by atoms with E-state index in [0.29, 0.717) is 17.3 Å². The van der Waals surface area contributed by atoms with Crippen LogP contribution >= 0.6 is 23.4 Å². The van der Waals surface area contributed by atoms with Gasteiger partial charge in [-0.3, -0.25) is 0 Å². The molecule has 4 nitrogen and oxygen atoms in total. The molecule has 0 amide bonds. The lowest BCUT2D eigenvalue weighted by atomic mass is 10.0. The molecular formula is C26H21ClFN3OS. The number of ether oxygens (including phenoxy) is 1. The van der Waals surface area contributed by atoms with E-state index < -0.39 is 0 Å². The number of hydrogen-bond donors (Lipinski definition) is 0. The van der Waals surface area contributed by atoms with Crippen LogP contribution in [-0.4, -0.2) is 14.8 Å². The van der Waals surface area contributed by atoms with Crippen LogP contribution in [0.2, 0.25) is 5.02 Å². The Hall–Kier alpha value is -3.09.